The predicted octanol–water partition coefficient (Wildman–Crippen LogP) is 6.32. The molecule has 0 radical (unpaired) electrons. The molecule has 1 aromatic rings. The highest BCUT2D eigenvalue weighted by Crippen LogP contribution is 2.28. The van der Waals surface area contributed by atoms with Gasteiger partial charge >= 0.3 is 0 Å². The Morgan fingerprint density at radius 3 is 2.12 bits per heavy atom. The molecule has 1 aliphatic carbocycles. The molecule has 0 spiro atoms. The third-order valence-electron chi connectivity index (χ3n) is 4.80. The molecule has 0 saturated heterocycles. The van der Waals surface area contributed by atoms with E-state index >= 15 is 0 Å². The lowest BCUT2D eigenvalue weighted by atomic mass is 9.89. The number of benzene rings is 1. The Labute approximate surface area is 153 Å². The predicted molar refractivity (Wildman–Crippen MR) is 104 cm³/mol. The number of ether oxygens (including phenoxy) is 1. The molecule has 0 N–H and O–H groups in total. The first-order valence-electron chi connectivity index (χ1n) is 9.78. The van der Waals surface area contributed by atoms with Crippen molar-refractivity contribution in [2.45, 2.75) is 69.8 Å². The van der Waals surface area contributed by atoms with Crippen LogP contribution in [0.2, 0.25) is 0 Å². The van der Waals surface area contributed by atoms with Crippen molar-refractivity contribution in [2.75, 3.05) is 6.61 Å². The monoisotopic (exact) mass is 337 g/mol. The van der Waals surface area contributed by atoms with Gasteiger partial charge in [-0.25, -0.2) is 0 Å². The van der Waals surface area contributed by atoms with Crippen molar-refractivity contribution in [3.05, 3.63) is 60.2 Å². The fourth-order valence-electron chi connectivity index (χ4n) is 3.19. The molecule has 0 atom stereocenters. The van der Waals surface area contributed by atoms with E-state index in [0.717, 1.165) is 6.42 Å². The maximum absolute atomic E-state index is 9.54. The molecule has 25 heavy (non-hydrogen) atoms. The van der Waals surface area contributed by atoms with E-state index in [4.69, 9.17) is 4.74 Å². The number of hydrogen-bond acceptors (Lipinski definition) is 2. The zero-order valence-corrected chi connectivity index (χ0v) is 15.5. The van der Waals surface area contributed by atoms with Gasteiger partial charge in [-0.1, -0.05) is 94.4 Å². The minimum Gasteiger partial charge on any atom is -0.353 e. The lowest BCUT2D eigenvalue weighted by molar-refractivity contribution is 0.0629. The SMILES string of the molecule is CCCCCCCCCCOC1(C#N)C=CC(c2ccccc2)C=C1. The number of allylic oxidation sites excluding steroid dienone is 2. The van der Waals surface area contributed by atoms with Crippen LogP contribution >= 0.6 is 0 Å². The molecule has 0 bridgehead atoms. The van der Waals surface area contributed by atoms with Crippen molar-refractivity contribution < 1.29 is 4.74 Å². The standard InChI is InChI=1S/C23H31NO/c1-2-3-4-5-6-7-8-12-19-25-23(20-24)17-15-22(16-18-23)21-13-10-9-11-14-21/h9-11,13-18,22H,2-8,12,19H2,1H3. The van der Waals surface area contributed by atoms with Crippen molar-refractivity contribution in [3.63, 3.8) is 0 Å². The summed E-state index contributed by atoms with van der Waals surface area (Å²) in [5.74, 6) is 0.231. The van der Waals surface area contributed by atoms with Crippen LogP contribution in [0, 0.1) is 11.3 Å². The van der Waals surface area contributed by atoms with Gasteiger partial charge in [0.15, 0.2) is 5.60 Å². The van der Waals surface area contributed by atoms with Crippen LogP contribution < -0.4 is 0 Å². The molecule has 0 saturated carbocycles. The fraction of sp³-hybridized carbons (Fsp3) is 0.522. The van der Waals surface area contributed by atoms with Gasteiger partial charge in [0, 0.05) is 12.5 Å². The van der Waals surface area contributed by atoms with Gasteiger partial charge in [0.25, 0.3) is 0 Å². The Hall–Kier alpha value is -1.85. The van der Waals surface area contributed by atoms with Gasteiger partial charge in [-0.15, -0.1) is 0 Å². The molecule has 2 nitrogen and oxygen atoms in total. The van der Waals surface area contributed by atoms with Gasteiger partial charge in [-0.2, -0.15) is 5.26 Å². The zero-order valence-electron chi connectivity index (χ0n) is 15.5. The maximum atomic E-state index is 9.54. The smallest absolute Gasteiger partial charge is 0.191 e. The van der Waals surface area contributed by atoms with Crippen molar-refractivity contribution >= 4 is 0 Å². The molecule has 0 heterocycles. The Morgan fingerprint density at radius 1 is 0.920 bits per heavy atom. The van der Waals surface area contributed by atoms with Crippen molar-refractivity contribution in [1.82, 2.24) is 0 Å². The molecular weight excluding hydrogens is 306 g/mol. The maximum Gasteiger partial charge on any atom is 0.191 e. The third kappa shape index (κ3) is 6.52. The van der Waals surface area contributed by atoms with E-state index in [0.29, 0.717) is 6.61 Å². The van der Waals surface area contributed by atoms with Crippen LogP contribution in [-0.2, 0) is 4.74 Å². The summed E-state index contributed by atoms with van der Waals surface area (Å²) in [4.78, 5) is 0. The van der Waals surface area contributed by atoms with Gasteiger partial charge in [-0.3, -0.25) is 0 Å². The molecule has 0 fully saturated rings. The number of nitriles is 1. The van der Waals surface area contributed by atoms with Crippen LogP contribution in [0.15, 0.2) is 54.6 Å². The van der Waals surface area contributed by atoms with Crippen LogP contribution in [0.25, 0.3) is 0 Å². The number of unbranched alkanes of at least 4 members (excludes halogenated alkanes) is 7. The molecular formula is C23H31NO. The minimum absolute atomic E-state index is 0.231. The summed E-state index contributed by atoms with van der Waals surface area (Å²) in [7, 11) is 0. The first-order chi connectivity index (χ1) is 12.3. The van der Waals surface area contributed by atoms with E-state index in [2.05, 4.69) is 37.3 Å². The summed E-state index contributed by atoms with van der Waals surface area (Å²) in [5.41, 5.74) is 0.358. The van der Waals surface area contributed by atoms with Gasteiger partial charge in [0.1, 0.15) is 6.07 Å². The second-order valence-corrected chi connectivity index (χ2v) is 6.88. The Kier molecular flexibility index (Phi) is 8.49. The lowest BCUT2D eigenvalue weighted by Crippen LogP contribution is -2.28. The molecule has 2 rings (SSSR count). The van der Waals surface area contributed by atoms with Crippen molar-refractivity contribution in [2.24, 2.45) is 0 Å². The Bertz CT molecular complexity index is 568. The first-order valence-corrected chi connectivity index (χ1v) is 9.78. The van der Waals surface area contributed by atoms with E-state index in [1.54, 1.807) is 0 Å². The lowest BCUT2D eigenvalue weighted by Gasteiger charge is -2.25. The van der Waals surface area contributed by atoms with Crippen LogP contribution in [-0.4, -0.2) is 12.2 Å². The van der Waals surface area contributed by atoms with Gasteiger partial charge in [0.2, 0.25) is 0 Å². The number of rotatable bonds is 11. The second kappa shape index (κ2) is 10.9. The quantitative estimate of drug-likeness (QED) is 0.350. The molecule has 0 aliphatic heterocycles. The van der Waals surface area contributed by atoms with Crippen LogP contribution in [0.5, 0.6) is 0 Å². The first kappa shape index (κ1) is 19.5. The highest BCUT2D eigenvalue weighted by molar-refractivity contribution is 5.39. The molecule has 0 unspecified atom stereocenters. The Balaban J connectivity index is 1.69. The van der Waals surface area contributed by atoms with E-state index < -0.39 is 5.60 Å². The summed E-state index contributed by atoms with van der Waals surface area (Å²) in [6, 6.07) is 12.6. The van der Waals surface area contributed by atoms with E-state index in [1.807, 2.05) is 30.4 Å². The normalized spacial score (nSPS) is 22.0. The van der Waals surface area contributed by atoms with E-state index in [9.17, 15) is 5.26 Å². The highest BCUT2D eigenvalue weighted by Gasteiger charge is 2.27. The molecule has 1 aliphatic rings. The third-order valence-corrected chi connectivity index (χ3v) is 4.80. The summed E-state index contributed by atoms with van der Waals surface area (Å²) in [6.45, 7) is 2.89. The highest BCUT2D eigenvalue weighted by atomic mass is 16.5. The number of nitrogens with zero attached hydrogens (tertiary/aromatic N) is 1. The van der Waals surface area contributed by atoms with Crippen LogP contribution in [0.3, 0.4) is 0 Å². The molecule has 134 valence electrons. The van der Waals surface area contributed by atoms with Gasteiger partial charge in [-0.05, 0) is 24.1 Å². The summed E-state index contributed by atoms with van der Waals surface area (Å²) in [5, 5.41) is 9.54. The topological polar surface area (TPSA) is 33.0 Å². The van der Waals surface area contributed by atoms with E-state index in [1.165, 1.54) is 50.5 Å². The molecule has 0 amide bonds. The molecule has 2 heteroatoms. The van der Waals surface area contributed by atoms with Crippen LogP contribution in [0.1, 0.15) is 69.8 Å². The average molecular weight is 338 g/mol. The summed E-state index contributed by atoms with van der Waals surface area (Å²) >= 11 is 0. The zero-order chi connectivity index (χ0) is 17.8. The minimum atomic E-state index is -0.883. The Morgan fingerprint density at radius 2 is 1.52 bits per heavy atom. The van der Waals surface area contributed by atoms with Gasteiger partial charge in [0.05, 0.1) is 0 Å². The van der Waals surface area contributed by atoms with E-state index in [-0.39, 0.29) is 5.92 Å². The largest absolute Gasteiger partial charge is 0.353 e. The number of hydrogen-bond donors (Lipinski definition) is 0. The fourth-order valence-corrected chi connectivity index (χ4v) is 3.19. The summed E-state index contributed by atoms with van der Waals surface area (Å²) in [6.07, 6.45) is 18.2. The van der Waals surface area contributed by atoms with Crippen molar-refractivity contribution in [1.29, 1.82) is 5.26 Å². The second-order valence-electron chi connectivity index (χ2n) is 6.88. The van der Waals surface area contributed by atoms with Crippen LogP contribution in [0.4, 0.5) is 0 Å². The molecule has 0 aromatic heterocycles. The van der Waals surface area contributed by atoms with Crippen molar-refractivity contribution in [3.8, 4) is 6.07 Å². The average Bonchev–Trinajstić information content (AvgIpc) is 2.68. The summed E-state index contributed by atoms with van der Waals surface area (Å²) < 4.78 is 5.91. The molecule has 1 aromatic carbocycles. The van der Waals surface area contributed by atoms with Gasteiger partial charge < -0.3 is 4.74 Å².